The van der Waals surface area contributed by atoms with E-state index in [2.05, 4.69) is 0 Å². The second kappa shape index (κ2) is 7.42. The van der Waals surface area contributed by atoms with Gasteiger partial charge in [0.15, 0.2) is 5.79 Å². The monoisotopic (exact) mass is 413 g/mol. The molecular formula is C23H24FNO5. The maximum Gasteiger partial charge on any atom is 0.226 e. The first-order chi connectivity index (χ1) is 14.4. The van der Waals surface area contributed by atoms with Crippen LogP contribution in [-0.2, 0) is 30.3 Å². The van der Waals surface area contributed by atoms with Crippen molar-refractivity contribution < 1.29 is 28.1 Å². The fourth-order valence-corrected chi connectivity index (χ4v) is 4.16. The predicted molar refractivity (Wildman–Crippen MR) is 106 cm³/mol. The molecule has 2 fully saturated rings. The minimum Gasteiger partial charge on any atom is -0.472 e. The van der Waals surface area contributed by atoms with E-state index >= 15 is 0 Å². The molecule has 0 radical (unpaired) electrons. The Morgan fingerprint density at radius 3 is 2.57 bits per heavy atom. The number of hydrogen-bond acceptors (Lipinski definition) is 6. The average Bonchev–Trinajstić information content (AvgIpc) is 3.37. The molecule has 5 rings (SSSR count). The summed E-state index contributed by atoms with van der Waals surface area (Å²) < 4.78 is 43.6. The van der Waals surface area contributed by atoms with Crippen LogP contribution in [0.3, 0.4) is 0 Å². The maximum absolute atomic E-state index is 13.3. The smallest absolute Gasteiger partial charge is 0.226 e. The summed E-state index contributed by atoms with van der Waals surface area (Å²) in [4.78, 5) is 4.73. The second-order valence-corrected chi connectivity index (χ2v) is 8.24. The average molecular weight is 413 g/mol. The first-order valence-electron chi connectivity index (χ1n) is 10.1. The van der Waals surface area contributed by atoms with Gasteiger partial charge in [0.05, 0.1) is 13.2 Å². The molecule has 30 heavy (non-hydrogen) atoms. The zero-order chi connectivity index (χ0) is 20.8. The van der Waals surface area contributed by atoms with Crippen LogP contribution >= 0.6 is 0 Å². The lowest BCUT2D eigenvalue weighted by atomic mass is 10.0. The predicted octanol–water partition coefficient (Wildman–Crippen LogP) is 3.43. The highest BCUT2D eigenvalue weighted by Gasteiger charge is 2.65. The van der Waals surface area contributed by atoms with E-state index < -0.39 is 17.6 Å². The van der Waals surface area contributed by atoms with Crippen LogP contribution in [-0.4, -0.2) is 48.9 Å². The summed E-state index contributed by atoms with van der Waals surface area (Å²) in [5.74, 6) is -0.653. The fraction of sp³-hybridized carbons (Fsp3) is 0.435. The van der Waals surface area contributed by atoms with E-state index in [4.69, 9.17) is 28.7 Å². The number of halogens is 1. The lowest BCUT2D eigenvalue weighted by molar-refractivity contribution is -0.214. The van der Waals surface area contributed by atoms with Crippen molar-refractivity contribution in [3.05, 3.63) is 71.5 Å². The van der Waals surface area contributed by atoms with E-state index in [1.165, 1.54) is 12.1 Å². The Morgan fingerprint density at radius 1 is 1.03 bits per heavy atom. The summed E-state index contributed by atoms with van der Waals surface area (Å²) in [5, 5.41) is 0. The SMILES string of the molecule is CC1(C)OC2C(COCc3ccccc3)OC3(COC(c4ccc(F)cc4)=N3)C2O1. The molecule has 0 N–H and O–H groups in total. The van der Waals surface area contributed by atoms with Gasteiger partial charge in [-0.1, -0.05) is 30.3 Å². The van der Waals surface area contributed by atoms with Crippen LogP contribution in [0.15, 0.2) is 59.6 Å². The molecule has 2 aromatic carbocycles. The van der Waals surface area contributed by atoms with Crippen LogP contribution in [0.2, 0.25) is 0 Å². The standard InChI is InChI=1S/C23H24FNO5/c1-22(2)29-19-18(13-26-12-15-6-4-3-5-7-15)28-23(20(19)30-22)14-27-21(25-23)16-8-10-17(24)11-9-16/h3-11,18-20H,12-14H2,1-2H3. The number of fused-ring (bicyclic) bond motifs is 2. The highest BCUT2D eigenvalue weighted by Crippen LogP contribution is 2.47. The van der Waals surface area contributed by atoms with Gasteiger partial charge in [-0.05, 0) is 43.7 Å². The Balaban J connectivity index is 1.35. The Morgan fingerprint density at radius 2 is 1.80 bits per heavy atom. The highest BCUT2D eigenvalue weighted by atomic mass is 19.1. The fourth-order valence-electron chi connectivity index (χ4n) is 4.16. The van der Waals surface area contributed by atoms with Gasteiger partial charge in [0.2, 0.25) is 11.6 Å². The first-order valence-corrected chi connectivity index (χ1v) is 10.1. The molecule has 3 aliphatic heterocycles. The Hall–Kier alpha value is -2.32. The molecule has 0 aliphatic carbocycles. The molecule has 3 aliphatic rings. The maximum atomic E-state index is 13.3. The lowest BCUT2D eigenvalue weighted by Crippen LogP contribution is -2.43. The van der Waals surface area contributed by atoms with Crippen LogP contribution in [0.25, 0.3) is 0 Å². The largest absolute Gasteiger partial charge is 0.472 e. The molecule has 3 heterocycles. The number of nitrogens with zero attached hydrogens (tertiary/aromatic N) is 1. The number of ether oxygens (including phenoxy) is 5. The van der Waals surface area contributed by atoms with Crippen molar-refractivity contribution >= 4 is 5.90 Å². The molecule has 2 aromatic rings. The summed E-state index contributed by atoms with van der Waals surface area (Å²) in [6, 6.07) is 16.0. The molecule has 2 saturated heterocycles. The van der Waals surface area contributed by atoms with Crippen molar-refractivity contribution in [1.82, 2.24) is 0 Å². The van der Waals surface area contributed by atoms with Crippen LogP contribution < -0.4 is 0 Å². The van der Waals surface area contributed by atoms with Crippen molar-refractivity contribution in [3.8, 4) is 0 Å². The summed E-state index contributed by atoms with van der Waals surface area (Å²) in [6.07, 6.45) is -1.09. The number of rotatable bonds is 5. The molecule has 4 unspecified atom stereocenters. The van der Waals surface area contributed by atoms with E-state index in [9.17, 15) is 4.39 Å². The first kappa shape index (κ1) is 19.6. The molecule has 0 aromatic heterocycles. The number of benzene rings is 2. The summed E-state index contributed by atoms with van der Waals surface area (Å²) in [7, 11) is 0. The van der Waals surface area contributed by atoms with Gasteiger partial charge < -0.3 is 23.7 Å². The van der Waals surface area contributed by atoms with Gasteiger partial charge in [-0.2, -0.15) is 0 Å². The van der Waals surface area contributed by atoms with E-state index in [1.54, 1.807) is 12.1 Å². The van der Waals surface area contributed by atoms with Crippen molar-refractivity contribution in [1.29, 1.82) is 0 Å². The Labute approximate surface area is 174 Å². The van der Waals surface area contributed by atoms with Crippen molar-refractivity contribution in [2.45, 2.75) is 50.3 Å². The van der Waals surface area contributed by atoms with Gasteiger partial charge in [-0.25, -0.2) is 9.38 Å². The molecule has 6 nitrogen and oxygen atoms in total. The van der Waals surface area contributed by atoms with E-state index in [0.29, 0.717) is 24.7 Å². The molecule has 0 amide bonds. The van der Waals surface area contributed by atoms with Crippen LogP contribution in [0.5, 0.6) is 0 Å². The van der Waals surface area contributed by atoms with Crippen molar-refractivity contribution in [2.75, 3.05) is 13.2 Å². The van der Waals surface area contributed by atoms with E-state index in [0.717, 1.165) is 5.56 Å². The van der Waals surface area contributed by atoms with Gasteiger partial charge in [0.25, 0.3) is 0 Å². The van der Waals surface area contributed by atoms with Gasteiger partial charge in [-0.15, -0.1) is 0 Å². The molecule has 1 spiro atoms. The summed E-state index contributed by atoms with van der Waals surface area (Å²) >= 11 is 0. The van der Waals surface area contributed by atoms with Crippen molar-refractivity contribution in [3.63, 3.8) is 0 Å². The molecular weight excluding hydrogens is 389 g/mol. The molecule has 158 valence electrons. The van der Waals surface area contributed by atoms with E-state index in [1.807, 2.05) is 44.2 Å². The Kier molecular flexibility index (Phi) is 4.86. The van der Waals surface area contributed by atoms with Crippen LogP contribution in [0.4, 0.5) is 4.39 Å². The zero-order valence-corrected chi connectivity index (χ0v) is 16.9. The minimum absolute atomic E-state index is 0.204. The third-order valence-electron chi connectivity index (χ3n) is 5.49. The number of aliphatic imine (C=N–C) groups is 1. The summed E-state index contributed by atoms with van der Waals surface area (Å²) in [6.45, 7) is 4.78. The van der Waals surface area contributed by atoms with E-state index in [-0.39, 0.29) is 24.6 Å². The zero-order valence-electron chi connectivity index (χ0n) is 16.9. The normalized spacial score (nSPS) is 31.6. The molecule has 7 heteroatoms. The number of hydrogen-bond donors (Lipinski definition) is 0. The third kappa shape index (κ3) is 3.63. The van der Waals surface area contributed by atoms with Gasteiger partial charge in [0, 0.05) is 5.56 Å². The van der Waals surface area contributed by atoms with Crippen molar-refractivity contribution in [2.24, 2.45) is 4.99 Å². The quantitative estimate of drug-likeness (QED) is 0.752. The minimum atomic E-state index is -1.01. The highest BCUT2D eigenvalue weighted by molar-refractivity contribution is 5.95. The van der Waals surface area contributed by atoms with Crippen LogP contribution in [0.1, 0.15) is 25.0 Å². The Bertz CT molecular complexity index is 932. The van der Waals surface area contributed by atoms with Gasteiger partial charge in [-0.3, -0.25) is 0 Å². The van der Waals surface area contributed by atoms with Gasteiger partial charge in [0.1, 0.15) is 30.7 Å². The lowest BCUT2D eigenvalue weighted by Gasteiger charge is -2.27. The topological polar surface area (TPSA) is 58.5 Å². The second-order valence-electron chi connectivity index (χ2n) is 8.24. The molecule has 0 saturated carbocycles. The molecule has 4 atom stereocenters. The van der Waals surface area contributed by atoms with Crippen LogP contribution in [0, 0.1) is 5.82 Å². The van der Waals surface area contributed by atoms with Gasteiger partial charge >= 0.3 is 0 Å². The third-order valence-corrected chi connectivity index (χ3v) is 5.49. The summed E-state index contributed by atoms with van der Waals surface area (Å²) in [5.41, 5.74) is 0.769. The molecule has 0 bridgehead atoms.